The quantitative estimate of drug-likeness (QED) is 0.621. The Morgan fingerprint density at radius 2 is 1.95 bits per heavy atom. The standard InChI is InChI=1S/C18H22O/c1-3-5-8-14-18(19-15-11-6-4-2)16-17-12-9-7-10-13-17/h3-14,18H,2,15-16H2,1H3/b5-3+,11-6+,14-8+. The van der Waals surface area contributed by atoms with E-state index in [0.717, 1.165) is 6.42 Å². The third-order valence-electron chi connectivity index (χ3n) is 2.59. The molecule has 0 aliphatic heterocycles. The molecule has 0 aliphatic rings. The van der Waals surface area contributed by atoms with Gasteiger partial charge in [-0.3, -0.25) is 0 Å². The molecule has 1 unspecified atom stereocenters. The van der Waals surface area contributed by atoms with Crippen molar-refractivity contribution in [1.29, 1.82) is 0 Å². The smallest absolute Gasteiger partial charge is 0.0803 e. The summed E-state index contributed by atoms with van der Waals surface area (Å²) in [5.41, 5.74) is 1.28. The molecule has 1 aromatic rings. The van der Waals surface area contributed by atoms with Crippen LogP contribution < -0.4 is 0 Å². The average molecular weight is 254 g/mol. The maximum atomic E-state index is 5.84. The number of hydrogen-bond acceptors (Lipinski definition) is 1. The molecule has 1 rings (SSSR count). The zero-order valence-electron chi connectivity index (χ0n) is 11.5. The molecule has 1 heteroatoms. The second kappa shape index (κ2) is 10.1. The molecule has 0 radical (unpaired) electrons. The van der Waals surface area contributed by atoms with Gasteiger partial charge in [0.25, 0.3) is 0 Å². The zero-order valence-corrected chi connectivity index (χ0v) is 11.5. The Labute approximate surface area is 116 Å². The molecule has 1 atom stereocenters. The molecule has 0 spiro atoms. The van der Waals surface area contributed by atoms with Crippen LogP contribution in [0.5, 0.6) is 0 Å². The Bertz CT molecular complexity index is 426. The van der Waals surface area contributed by atoms with Crippen LogP contribution in [0.4, 0.5) is 0 Å². The molecule has 0 heterocycles. The van der Waals surface area contributed by atoms with Crippen LogP contribution in [0.3, 0.4) is 0 Å². The highest BCUT2D eigenvalue weighted by atomic mass is 16.5. The van der Waals surface area contributed by atoms with E-state index in [-0.39, 0.29) is 6.10 Å². The molecule has 0 amide bonds. The van der Waals surface area contributed by atoms with E-state index in [1.54, 1.807) is 6.08 Å². The highest BCUT2D eigenvalue weighted by molar-refractivity contribution is 5.17. The van der Waals surface area contributed by atoms with Crippen molar-refractivity contribution in [3.8, 4) is 0 Å². The molecular formula is C18H22O. The van der Waals surface area contributed by atoms with Crippen molar-refractivity contribution < 1.29 is 4.74 Å². The summed E-state index contributed by atoms with van der Waals surface area (Å²) < 4.78 is 5.84. The molecule has 0 N–H and O–H groups in total. The molecule has 0 bridgehead atoms. The lowest BCUT2D eigenvalue weighted by Gasteiger charge is -2.13. The Morgan fingerprint density at radius 3 is 2.63 bits per heavy atom. The van der Waals surface area contributed by atoms with Gasteiger partial charge >= 0.3 is 0 Å². The van der Waals surface area contributed by atoms with E-state index in [4.69, 9.17) is 4.74 Å². The summed E-state index contributed by atoms with van der Waals surface area (Å²) in [7, 11) is 0. The van der Waals surface area contributed by atoms with Crippen LogP contribution in [-0.2, 0) is 11.2 Å². The van der Waals surface area contributed by atoms with Crippen molar-refractivity contribution in [2.75, 3.05) is 6.61 Å². The first-order chi connectivity index (χ1) is 9.36. The van der Waals surface area contributed by atoms with Crippen LogP contribution in [0.25, 0.3) is 0 Å². The number of benzene rings is 1. The van der Waals surface area contributed by atoms with Crippen molar-refractivity contribution in [3.05, 3.63) is 85.0 Å². The molecule has 0 aromatic heterocycles. The molecule has 0 saturated carbocycles. The second-order valence-electron chi connectivity index (χ2n) is 4.14. The molecule has 19 heavy (non-hydrogen) atoms. The summed E-state index contributed by atoms with van der Waals surface area (Å²) in [4.78, 5) is 0. The van der Waals surface area contributed by atoms with Crippen LogP contribution >= 0.6 is 0 Å². The van der Waals surface area contributed by atoms with Crippen molar-refractivity contribution in [1.82, 2.24) is 0 Å². The number of rotatable bonds is 8. The normalized spacial score (nSPS) is 13.5. The fraction of sp³-hybridized carbons (Fsp3) is 0.222. The maximum Gasteiger partial charge on any atom is 0.0803 e. The van der Waals surface area contributed by atoms with Gasteiger partial charge in [0.1, 0.15) is 0 Å². The minimum atomic E-state index is 0.0908. The Hall–Kier alpha value is -1.86. The number of ether oxygens (including phenoxy) is 1. The van der Waals surface area contributed by atoms with Crippen molar-refractivity contribution in [3.63, 3.8) is 0 Å². The first-order valence-electron chi connectivity index (χ1n) is 6.59. The van der Waals surface area contributed by atoms with E-state index in [2.05, 4.69) is 36.9 Å². The highest BCUT2D eigenvalue weighted by Gasteiger charge is 2.04. The highest BCUT2D eigenvalue weighted by Crippen LogP contribution is 2.07. The van der Waals surface area contributed by atoms with Crippen LogP contribution in [0.1, 0.15) is 12.5 Å². The van der Waals surface area contributed by atoms with Crippen LogP contribution in [-0.4, -0.2) is 12.7 Å². The van der Waals surface area contributed by atoms with Crippen molar-refractivity contribution >= 4 is 0 Å². The average Bonchev–Trinajstić information content (AvgIpc) is 2.44. The topological polar surface area (TPSA) is 9.23 Å². The van der Waals surface area contributed by atoms with E-state index in [1.165, 1.54) is 5.56 Å². The number of allylic oxidation sites excluding steroid dienone is 5. The van der Waals surface area contributed by atoms with Crippen molar-refractivity contribution in [2.45, 2.75) is 19.4 Å². The van der Waals surface area contributed by atoms with Gasteiger partial charge in [-0.15, -0.1) is 0 Å². The third kappa shape index (κ3) is 7.22. The zero-order chi connectivity index (χ0) is 13.8. The summed E-state index contributed by atoms with van der Waals surface area (Å²) in [6.45, 7) is 6.25. The summed E-state index contributed by atoms with van der Waals surface area (Å²) in [6.07, 6.45) is 14.7. The largest absolute Gasteiger partial charge is 0.370 e. The van der Waals surface area contributed by atoms with Gasteiger partial charge in [0.15, 0.2) is 0 Å². The van der Waals surface area contributed by atoms with E-state index in [0.29, 0.717) is 6.61 Å². The van der Waals surface area contributed by atoms with Gasteiger partial charge in [-0.2, -0.15) is 0 Å². The monoisotopic (exact) mass is 254 g/mol. The van der Waals surface area contributed by atoms with Gasteiger partial charge in [-0.25, -0.2) is 0 Å². The lowest BCUT2D eigenvalue weighted by atomic mass is 10.1. The molecule has 1 nitrogen and oxygen atoms in total. The second-order valence-corrected chi connectivity index (χ2v) is 4.14. The first-order valence-corrected chi connectivity index (χ1v) is 6.59. The predicted molar refractivity (Wildman–Crippen MR) is 83.2 cm³/mol. The summed E-state index contributed by atoms with van der Waals surface area (Å²) in [5.74, 6) is 0. The fourth-order valence-corrected chi connectivity index (χ4v) is 1.66. The summed E-state index contributed by atoms with van der Waals surface area (Å²) in [5, 5.41) is 0. The molecular weight excluding hydrogens is 232 g/mol. The lowest BCUT2D eigenvalue weighted by Crippen LogP contribution is -2.13. The summed E-state index contributed by atoms with van der Waals surface area (Å²) in [6, 6.07) is 10.4. The van der Waals surface area contributed by atoms with Gasteiger partial charge in [0, 0.05) is 6.42 Å². The summed E-state index contributed by atoms with van der Waals surface area (Å²) >= 11 is 0. The molecule has 1 aromatic carbocycles. The van der Waals surface area contributed by atoms with Crippen LogP contribution in [0, 0.1) is 0 Å². The van der Waals surface area contributed by atoms with Gasteiger partial charge in [-0.05, 0) is 12.5 Å². The van der Waals surface area contributed by atoms with E-state index < -0.39 is 0 Å². The van der Waals surface area contributed by atoms with Crippen molar-refractivity contribution in [2.24, 2.45) is 0 Å². The molecule has 0 aliphatic carbocycles. The first kappa shape index (κ1) is 15.2. The molecule has 0 fully saturated rings. The van der Waals surface area contributed by atoms with Crippen LogP contribution in [0.2, 0.25) is 0 Å². The van der Waals surface area contributed by atoms with Gasteiger partial charge in [-0.1, -0.05) is 79.4 Å². The van der Waals surface area contributed by atoms with E-state index in [1.807, 2.05) is 43.4 Å². The SMILES string of the molecule is C=C/C=C/COC(/C=C/C=C/C)Cc1ccccc1. The van der Waals surface area contributed by atoms with Gasteiger partial charge in [0.2, 0.25) is 0 Å². The Balaban J connectivity index is 2.58. The molecule has 0 saturated heterocycles. The Kier molecular flexibility index (Phi) is 8.08. The predicted octanol–water partition coefficient (Wildman–Crippen LogP) is 4.49. The Morgan fingerprint density at radius 1 is 1.16 bits per heavy atom. The minimum absolute atomic E-state index is 0.0908. The lowest BCUT2D eigenvalue weighted by molar-refractivity contribution is 0.109. The number of hydrogen-bond donors (Lipinski definition) is 0. The van der Waals surface area contributed by atoms with Gasteiger partial charge in [0.05, 0.1) is 12.7 Å². The minimum Gasteiger partial charge on any atom is -0.370 e. The van der Waals surface area contributed by atoms with E-state index >= 15 is 0 Å². The third-order valence-corrected chi connectivity index (χ3v) is 2.59. The molecule has 100 valence electrons. The van der Waals surface area contributed by atoms with Gasteiger partial charge < -0.3 is 4.74 Å². The van der Waals surface area contributed by atoms with Crippen LogP contribution in [0.15, 0.2) is 79.4 Å². The maximum absolute atomic E-state index is 5.84. The van der Waals surface area contributed by atoms with E-state index in [9.17, 15) is 0 Å². The fourth-order valence-electron chi connectivity index (χ4n) is 1.66.